The molecule has 0 saturated heterocycles. The van der Waals surface area contributed by atoms with E-state index >= 15 is 0 Å². The molecular weight excluding hydrogens is 388 g/mol. The third kappa shape index (κ3) is 3.57. The van der Waals surface area contributed by atoms with E-state index in [4.69, 9.17) is 5.14 Å². The molecule has 3 N–H and O–H groups in total. The molecule has 4 rings (SSSR count). The van der Waals surface area contributed by atoms with Crippen LogP contribution in [0.5, 0.6) is 0 Å². The maximum absolute atomic E-state index is 12.9. The molecule has 0 radical (unpaired) electrons. The topological polar surface area (TPSA) is 104 Å². The van der Waals surface area contributed by atoms with Crippen LogP contribution in [0.4, 0.5) is 23.1 Å². The number of aromatic nitrogens is 2. The van der Waals surface area contributed by atoms with Crippen LogP contribution in [0.3, 0.4) is 0 Å². The van der Waals surface area contributed by atoms with Crippen molar-refractivity contribution >= 4 is 40.0 Å². The number of nitrogens with one attached hydrogen (secondary N) is 1. The van der Waals surface area contributed by atoms with Gasteiger partial charge in [0.1, 0.15) is 22.7 Å². The Kier molecular flexibility index (Phi) is 4.99. The molecule has 1 amide bonds. The Balaban J connectivity index is 1.66. The molecule has 8 nitrogen and oxygen atoms in total. The Bertz CT molecular complexity index is 1070. The van der Waals surface area contributed by atoms with Gasteiger partial charge in [0.25, 0.3) is 5.91 Å². The van der Waals surface area contributed by atoms with Gasteiger partial charge in [-0.25, -0.2) is 14.3 Å². The molecule has 1 unspecified atom stereocenters. The first-order valence-corrected chi connectivity index (χ1v) is 10.1. The van der Waals surface area contributed by atoms with E-state index < -0.39 is 17.0 Å². The number of anilines is 4. The summed E-state index contributed by atoms with van der Waals surface area (Å²) in [5, 5.41) is 8.51. The van der Waals surface area contributed by atoms with Crippen LogP contribution in [0.1, 0.15) is 11.6 Å². The lowest BCUT2D eigenvalue weighted by atomic mass is 10.0. The number of amides is 1. The number of nitrogens with two attached hydrogens (primary N) is 1. The van der Waals surface area contributed by atoms with Gasteiger partial charge in [-0.15, -0.1) is 0 Å². The van der Waals surface area contributed by atoms with Crippen LogP contribution in [0.15, 0.2) is 65.7 Å². The molecule has 1 aliphatic heterocycles. The molecule has 2 aromatic carbocycles. The van der Waals surface area contributed by atoms with Gasteiger partial charge in [-0.05, 0) is 29.8 Å². The van der Waals surface area contributed by atoms with Gasteiger partial charge in [0, 0.05) is 19.8 Å². The first-order valence-electron chi connectivity index (χ1n) is 8.91. The van der Waals surface area contributed by atoms with E-state index in [1.54, 1.807) is 42.4 Å². The molecule has 0 aliphatic carbocycles. The largest absolute Gasteiger partial charge is 0.342 e. The van der Waals surface area contributed by atoms with E-state index in [9.17, 15) is 9.00 Å². The molecule has 1 aliphatic rings. The highest BCUT2D eigenvalue weighted by Crippen LogP contribution is 2.38. The third-order valence-corrected chi connectivity index (χ3v) is 5.59. The SMILES string of the molecule is CN1C(=O)[C@H](c2ccccc2)N(C)c2nc(Nc3ccc(S(N)=O)cc3)ncc21. The zero-order chi connectivity index (χ0) is 20.5. The second kappa shape index (κ2) is 7.61. The maximum Gasteiger partial charge on any atom is 0.254 e. The number of fused-ring (bicyclic) bond motifs is 1. The number of hydrogen-bond donors (Lipinski definition) is 2. The second-order valence-corrected chi connectivity index (χ2v) is 7.74. The predicted octanol–water partition coefficient (Wildman–Crippen LogP) is 2.36. The van der Waals surface area contributed by atoms with Gasteiger partial charge in [0.05, 0.1) is 11.1 Å². The molecule has 3 aromatic rings. The average molecular weight is 408 g/mol. The van der Waals surface area contributed by atoms with Crippen molar-refractivity contribution in [2.75, 3.05) is 29.2 Å². The van der Waals surface area contributed by atoms with Gasteiger partial charge in [0.2, 0.25) is 5.95 Å². The zero-order valence-electron chi connectivity index (χ0n) is 15.9. The highest BCUT2D eigenvalue weighted by molar-refractivity contribution is 7.82. The molecule has 0 saturated carbocycles. The van der Waals surface area contributed by atoms with Gasteiger partial charge in [-0.1, -0.05) is 30.3 Å². The third-order valence-electron chi connectivity index (χ3n) is 4.86. The minimum absolute atomic E-state index is 0.0408. The van der Waals surface area contributed by atoms with Gasteiger partial charge < -0.3 is 15.1 Å². The molecule has 29 heavy (non-hydrogen) atoms. The average Bonchev–Trinajstić information content (AvgIpc) is 2.73. The van der Waals surface area contributed by atoms with Gasteiger partial charge in [0.15, 0.2) is 5.82 Å². The standard InChI is InChI=1S/C20H20N6O2S/c1-25-16-12-22-20(23-14-8-10-15(11-9-14)29(21)28)24-18(16)26(2)17(19(25)27)13-6-4-3-5-7-13/h3-12,17H,21H2,1-2H3,(H,22,23,24)/t17-,29?/m0/s1. The highest BCUT2D eigenvalue weighted by atomic mass is 32.2. The Morgan fingerprint density at radius 2 is 1.76 bits per heavy atom. The number of nitrogens with zero attached hydrogens (tertiary/aromatic N) is 4. The summed E-state index contributed by atoms with van der Waals surface area (Å²) in [7, 11) is 2.06. The molecule has 0 spiro atoms. The molecule has 0 fully saturated rings. The van der Waals surface area contributed by atoms with Crippen molar-refractivity contribution in [1.82, 2.24) is 9.97 Å². The summed E-state index contributed by atoms with van der Waals surface area (Å²) in [5.74, 6) is 1.01. The molecule has 148 valence electrons. The van der Waals surface area contributed by atoms with E-state index in [-0.39, 0.29) is 5.91 Å². The Morgan fingerprint density at radius 3 is 2.41 bits per heavy atom. The van der Waals surface area contributed by atoms with E-state index in [2.05, 4.69) is 15.3 Å². The van der Waals surface area contributed by atoms with Crippen molar-refractivity contribution in [2.24, 2.45) is 5.14 Å². The summed E-state index contributed by atoms with van der Waals surface area (Å²) < 4.78 is 11.3. The maximum atomic E-state index is 12.9. The number of likely N-dealkylation sites (N-methyl/N-ethyl adjacent to an activating group) is 2. The van der Waals surface area contributed by atoms with Crippen LogP contribution in [-0.2, 0) is 15.8 Å². The Labute approximate surface area is 171 Å². The fourth-order valence-corrected chi connectivity index (χ4v) is 3.72. The van der Waals surface area contributed by atoms with Crippen LogP contribution < -0.4 is 20.3 Å². The minimum atomic E-state index is -1.52. The Hall–Kier alpha value is -3.30. The van der Waals surface area contributed by atoms with Crippen molar-refractivity contribution in [1.29, 1.82) is 0 Å². The van der Waals surface area contributed by atoms with Crippen molar-refractivity contribution < 1.29 is 9.00 Å². The van der Waals surface area contributed by atoms with Crippen LogP contribution in [0.2, 0.25) is 0 Å². The van der Waals surface area contributed by atoms with Gasteiger partial charge in [-0.3, -0.25) is 4.79 Å². The van der Waals surface area contributed by atoms with Crippen molar-refractivity contribution in [2.45, 2.75) is 10.9 Å². The van der Waals surface area contributed by atoms with Crippen molar-refractivity contribution in [3.63, 3.8) is 0 Å². The lowest BCUT2D eigenvalue weighted by Crippen LogP contribution is -2.45. The molecular formula is C20H20N6O2S. The molecule has 1 aromatic heterocycles. The van der Waals surface area contributed by atoms with Crippen LogP contribution in [0, 0.1) is 0 Å². The van der Waals surface area contributed by atoms with Crippen LogP contribution in [-0.4, -0.2) is 34.2 Å². The molecule has 2 heterocycles. The number of benzene rings is 2. The van der Waals surface area contributed by atoms with Gasteiger partial charge >= 0.3 is 0 Å². The van der Waals surface area contributed by atoms with Crippen molar-refractivity contribution in [3.05, 3.63) is 66.4 Å². The quantitative estimate of drug-likeness (QED) is 0.687. The van der Waals surface area contributed by atoms with E-state index in [0.29, 0.717) is 22.3 Å². The Morgan fingerprint density at radius 1 is 1.07 bits per heavy atom. The van der Waals surface area contributed by atoms with E-state index in [0.717, 1.165) is 11.3 Å². The highest BCUT2D eigenvalue weighted by Gasteiger charge is 2.37. The lowest BCUT2D eigenvalue weighted by molar-refractivity contribution is -0.120. The predicted molar refractivity (Wildman–Crippen MR) is 113 cm³/mol. The number of carbonyl (C=O) groups is 1. The van der Waals surface area contributed by atoms with E-state index in [1.807, 2.05) is 42.3 Å². The fraction of sp³-hybridized carbons (Fsp3) is 0.150. The number of hydrogen-bond acceptors (Lipinski definition) is 6. The lowest BCUT2D eigenvalue weighted by Gasteiger charge is -2.38. The zero-order valence-corrected chi connectivity index (χ0v) is 16.8. The first kappa shape index (κ1) is 19.0. The number of carbonyl (C=O) groups excluding carboxylic acids is 1. The molecule has 0 bridgehead atoms. The van der Waals surface area contributed by atoms with Gasteiger partial charge in [-0.2, -0.15) is 4.98 Å². The first-order chi connectivity index (χ1) is 14.0. The summed E-state index contributed by atoms with van der Waals surface area (Å²) >= 11 is 0. The second-order valence-electron chi connectivity index (χ2n) is 6.67. The normalized spacial score (nSPS) is 17.1. The molecule has 9 heteroatoms. The molecule has 2 atom stereocenters. The number of rotatable bonds is 4. The summed E-state index contributed by atoms with van der Waals surface area (Å²) in [6, 6.07) is 16.0. The smallest absolute Gasteiger partial charge is 0.254 e. The summed E-state index contributed by atoms with van der Waals surface area (Å²) in [6.07, 6.45) is 1.63. The van der Waals surface area contributed by atoms with Crippen LogP contribution in [0.25, 0.3) is 0 Å². The van der Waals surface area contributed by atoms with Crippen molar-refractivity contribution in [3.8, 4) is 0 Å². The van der Waals surface area contributed by atoms with E-state index in [1.165, 1.54) is 0 Å². The summed E-state index contributed by atoms with van der Waals surface area (Å²) in [5.41, 5.74) is 2.28. The summed E-state index contributed by atoms with van der Waals surface area (Å²) in [6.45, 7) is 0. The fourth-order valence-electron chi connectivity index (χ4n) is 3.32. The van der Waals surface area contributed by atoms with Crippen LogP contribution >= 0.6 is 0 Å². The summed E-state index contributed by atoms with van der Waals surface area (Å²) in [4.78, 5) is 25.9. The monoisotopic (exact) mass is 408 g/mol. The minimum Gasteiger partial charge on any atom is -0.342 e.